The quantitative estimate of drug-likeness (QED) is 0.0377. The Kier molecular flexibility index (Phi) is 39.0. The molecule has 0 saturated carbocycles. The Morgan fingerprint density at radius 3 is 1.23 bits per heavy atom. The van der Waals surface area contributed by atoms with E-state index in [2.05, 4.69) is 96.1 Å². The lowest BCUT2D eigenvalue weighted by atomic mass is 9.98. The van der Waals surface area contributed by atoms with Crippen molar-refractivity contribution in [2.75, 3.05) is 0 Å². The first-order valence-electron chi connectivity index (χ1n) is 29.8. The van der Waals surface area contributed by atoms with E-state index in [0.717, 1.165) is 86.2 Å². The van der Waals surface area contributed by atoms with E-state index in [1.165, 1.54) is 62.2 Å². The fraction of sp³-hybridized carbons (Fsp3) is 0.338. The van der Waals surface area contributed by atoms with Gasteiger partial charge in [0, 0.05) is 51.0 Å². The van der Waals surface area contributed by atoms with E-state index in [-0.39, 0.29) is 49.0 Å². The van der Waals surface area contributed by atoms with Crippen molar-refractivity contribution >= 4 is 44.0 Å². The van der Waals surface area contributed by atoms with Gasteiger partial charge in [0.1, 0.15) is 55.6 Å². The summed E-state index contributed by atoms with van der Waals surface area (Å²) in [5, 5.41) is 0. The fourth-order valence-corrected chi connectivity index (χ4v) is 8.62. The third kappa shape index (κ3) is 32.0. The fourth-order valence-electron chi connectivity index (χ4n) is 8.62. The lowest BCUT2D eigenvalue weighted by Crippen LogP contribution is -2.11. The Bertz CT molecular complexity index is 3400. The maximum absolute atomic E-state index is 13.1. The topological polar surface area (TPSA) is 119 Å². The van der Waals surface area contributed by atoms with E-state index < -0.39 is 52.6 Å². The van der Waals surface area contributed by atoms with E-state index in [9.17, 15) is 86.2 Å². The molecule has 0 atom stereocenters. The highest BCUT2D eigenvalue weighted by atomic mass is 19.4. The van der Waals surface area contributed by atoms with Crippen LogP contribution in [-0.2, 0) is 97.3 Å². The maximum Gasteiger partial charge on any atom is 0.419 e. The maximum atomic E-state index is 13.1. The molecule has 0 bridgehead atoms. The molecule has 502 valence electrons. The van der Waals surface area contributed by atoms with Crippen LogP contribution in [0, 0.1) is 83.4 Å². The SMILES string of the molecule is CCc1ccc(CCC=O)cc1.Cc1cc(C)c(CCC=O)cc1C.Cc1cc(CCC=O)ccc1F.Cc1ccc(C(F)(F)F)cc1CCC=O.Cc1ccc(CCC=O)c(C)c1.O=CCCc1cc(F)c(F)cc1F.O=CCCc1ccc(C(F)(F)F)c(F)c1F. The van der Waals surface area contributed by atoms with Crippen molar-refractivity contribution in [3.8, 4) is 0 Å². The van der Waals surface area contributed by atoms with Crippen LogP contribution in [0.3, 0.4) is 0 Å². The van der Waals surface area contributed by atoms with Crippen molar-refractivity contribution in [1.29, 1.82) is 0 Å². The number of halogens is 12. The summed E-state index contributed by atoms with van der Waals surface area (Å²) in [5.74, 6) is -6.78. The molecule has 0 saturated heterocycles. The van der Waals surface area contributed by atoms with Crippen molar-refractivity contribution in [3.05, 3.63) is 245 Å². The number of aryl methyl sites for hydroxylation is 15. The molecule has 0 fully saturated rings. The van der Waals surface area contributed by atoms with Crippen LogP contribution in [0.4, 0.5) is 52.7 Å². The van der Waals surface area contributed by atoms with Gasteiger partial charge in [0.05, 0.1) is 11.1 Å². The van der Waals surface area contributed by atoms with Gasteiger partial charge in [-0.1, -0.05) is 91.3 Å². The summed E-state index contributed by atoms with van der Waals surface area (Å²) in [4.78, 5) is 70.7. The van der Waals surface area contributed by atoms with Crippen LogP contribution in [0.15, 0.2) is 115 Å². The number of aldehydes is 7. The highest BCUT2D eigenvalue weighted by Crippen LogP contribution is 2.34. The summed E-state index contributed by atoms with van der Waals surface area (Å²) in [6, 6.07) is 30.3. The molecule has 0 spiro atoms. The van der Waals surface area contributed by atoms with Crippen molar-refractivity contribution in [3.63, 3.8) is 0 Å². The Morgan fingerprint density at radius 2 is 0.731 bits per heavy atom. The molecule has 0 unspecified atom stereocenters. The van der Waals surface area contributed by atoms with Crippen LogP contribution < -0.4 is 0 Å². The van der Waals surface area contributed by atoms with Gasteiger partial charge in [-0.15, -0.1) is 0 Å². The number of carbonyl (C=O) groups excluding carboxylic acids is 7. The van der Waals surface area contributed by atoms with Gasteiger partial charge in [-0.2, -0.15) is 26.3 Å². The van der Waals surface area contributed by atoms with Gasteiger partial charge < -0.3 is 33.6 Å². The second kappa shape index (κ2) is 44.0. The Hall–Kier alpha value is -8.61. The molecule has 0 N–H and O–H groups in total. The number of benzene rings is 7. The lowest BCUT2D eigenvalue weighted by molar-refractivity contribution is -0.140. The molecule has 0 amide bonds. The summed E-state index contributed by atoms with van der Waals surface area (Å²) < 4.78 is 150. The average molecular weight is 1310 g/mol. The Labute approximate surface area is 537 Å². The zero-order valence-electron chi connectivity index (χ0n) is 53.5. The first kappa shape index (κ1) is 82.4. The van der Waals surface area contributed by atoms with E-state index in [1.54, 1.807) is 26.0 Å². The zero-order chi connectivity index (χ0) is 70.3. The van der Waals surface area contributed by atoms with Crippen LogP contribution >= 0.6 is 0 Å². The minimum Gasteiger partial charge on any atom is -0.303 e. The van der Waals surface area contributed by atoms with Gasteiger partial charge in [0.2, 0.25) is 0 Å². The molecule has 0 aliphatic rings. The molecular weight excluding hydrogens is 1230 g/mol. The second-order valence-corrected chi connectivity index (χ2v) is 21.4. The van der Waals surface area contributed by atoms with Crippen molar-refractivity contribution in [2.24, 2.45) is 0 Å². The summed E-state index contributed by atoms with van der Waals surface area (Å²) >= 11 is 0. The molecule has 7 rings (SSSR count). The average Bonchev–Trinajstić information content (AvgIpc) is 1.23. The highest BCUT2D eigenvalue weighted by molar-refractivity contribution is 5.53. The molecule has 93 heavy (non-hydrogen) atoms. The molecule has 0 aromatic heterocycles. The molecule has 7 aromatic rings. The minimum absolute atomic E-state index is 0.0194. The molecule has 7 aromatic carbocycles. The van der Waals surface area contributed by atoms with Gasteiger partial charge in [0.25, 0.3) is 0 Å². The van der Waals surface area contributed by atoms with E-state index in [0.29, 0.717) is 80.6 Å². The van der Waals surface area contributed by atoms with Crippen LogP contribution in [0.5, 0.6) is 0 Å². The number of hydrogen-bond donors (Lipinski definition) is 0. The molecule has 0 heterocycles. The van der Waals surface area contributed by atoms with Gasteiger partial charge >= 0.3 is 12.4 Å². The van der Waals surface area contributed by atoms with Crippen molar-refractivity contribution in [2.45, 2.75) is 164 Å². The Balaban J connectivity index is 0.000000544. The predicted molar refractivity (Wildman–Crippen MR) is 338 cm³/mol. The molecule has 0 aliphatic heterocycles. The third-order valence-electron chi connectivity index (χ3n) is 14.1. The lowest BCUT2D eigenvalue weighted by Gasteiger charge is -2.10. The summed E-state index contributed by atoms with van der Waals surface area (Å²) in [6.07, 6.45) is 3.73. The first-order valence-corrected chi connectivity index (χ1v) is 29.8. The van der Waals surface area contributed by atoms with Crippen LogP contribution in [0.2, 0.25) is 0 Å². The van der Waals surface area contributed by atoms with Crippen LogP contribution in [0.1, 0.15) is 146 Å². The summed E-state index contributed by atoms with van der Waals surface area (Å²) in [6.45, 7) is 16.1. The number of carbonyl (C=O) groups is 7. The smallest absolute Gasteiger partial charge is 0.303 e. The van der Waals surface area contributed by atoms with E-state index in [4.69, 9.17) is 0 Å². The van der Waals surface area contributed by atoms with Crippen LogP contribution in [-0.4, -0.2) is 44.0 Å². The minimum atomic E-state index is -4.92. The van der Waals surface area contributed by atoms with E-state index in [1.807, 2.05) is 0 Å². The first-order chi connectivity index (χ1) is 44.0. The molecule has 19 heteroatoms. The molecule has 0 aliphatic carbocycles. The zero-order valence-corrected chi connectivity index (χ0v) is 53.5. The Morgan fingerprint density at radius 1 is 0.301 bits per heavy atom. The number of hydrogen-bond acceptors (Lipinski definition) is 7. The standard InChI is InChI=1S/C12H16O.C11H11F3O.2C11H14O.C10H7F5O.C10H11FO.C9H7F3O/c1-9-7-11(3)12(5-4-6-13)8-10(9)2;1-8-4-5-10(11(12,13)14)7-9(8)3-2-6-15;1-9-5-6-11(4-3-7-12)10(2)8-9;1-2-10-5-7-11(8-6-10)4-3-9-12;11-8-6(2-1-5-16)3-4-7(9(8)12)10(13,14)15;1-8-7-9(3-2-6-12)4-5-10(8)11;10-7-5-9(12)8(11)4-6(7)2-1-3-13/h6-8H,4-5H2,1-3H3;4-7H,2-3H2,1H3;5-8H,3-4H2,1-2H3;5-9H,2-4H2,1H3;3-5H,1-2H2;4-7H,2-3H2,1H3;3-5H,1-2H2. The van der Waals surface area contributed by atoms with Gasteiger partial charge in [-0.25, -0.2) is 26.3 Å². The molecule has 7 nitrogen and oxygen atoms in total. The normalized spacial score (nSPS) is 10.5. The van der Waals surface area contributed by atoms with Crippen LogP contribution in [0.25, 0.3) is 0 Å². The van der Waals surface area contributed by atoms with Crippen molar-refractivity contribution < 1.29 is 86.2 Å². The molecule has 0 radical (unpaired) electrons. The van der Waals surface area contributed by atoms with Gasteiger partial charge in [-0.05, 0) is 208 Å². The summed E-state index contributed by atoms with van der Waals surface area (Å²) in [5.41, 5.74) is 12.2. The number of rotatable bonds is 22. The summed E-state index contributed by atoms with van der Waals surface area (Å²) in [7, 11) is 0. The van der Waals surface area contributed by atoms with E-state index >= 15 is 0 Å². The highest BCUT2D eigenvalue weighted by Gasteiger charge is 2.36. The molecular formula is C74H80F12O7. The monoisotopic (exact) mass is 1310 g/mol. The number of alkyl halides is 6. The predicted octanol–water partition coefficient (Wildman–Crippen LogP) is 18.3. The van der Waals surface area contributed by atoms with Gasteiger partial charge in [0.15, 0.2) is 23.3 Å². The third-order valence-corrected chi connectivity index (χ3v) is 14.1. The van der Waals surface area contributed by atoms with Gasteiger partial charge in [-0.3, -0.25) is 0 Å². The second-order valence-electron chi connectivity index (χ2n) is 21.4. The largest absolute Gasteiger partial charge is 0.419 e. The van der Waals surface area contributed by atoms with Crippen molar-refractivity contribution in [1.82, 2.24) is 0 Å².